The molecule has 1 fully saturated rings. The molecule has 2 aliphatic heterocycles. The lowest BCUT2D eigenvalue weighted by Crippen LogP contribution is -2.29. The van der Waals surface area contributed by atoms with Gasteiger partial charge in [0, 0.05) is 23.8 Å². The molecule has 3 unspecified atom stereocenters. The smallest absolute Gasteiger partial charge is 0.0896 e. The highest BCUT2D eigenvalue weighted by molar-refractivity contribution is 5.58. The molecular weight excluding hydrogens is 272 g/mol. The van der Waals surface area contributed by atoms with Crippen LogP contribution in [-0.4, -0.2) is 6.61 Å². The van der Waals surface area contributed by atoms with Gasteiger partial charge in [0.2, 0.25) is 0 Å². The van der Waals surface area contributed by atoms with Gasteiger partial charge in [0.1, 0.15) is 0 Å². The third-order valence-electron chi connectivity index (χ3n) is 4.74. The first-order valence-corrected chi connectivity index (χ1v) is 7.79. The highest BCUT2D eigenvalue weighted by Gasteiger charge is 2.41. The van der Waals surface area contributed by atoms with E-state index in [1.165, 1.54) is 11.1 Å². The molecule has 110 valence electrons. The molecule has 0 aromatic heterocycles. The summed E-state index contributed by atoms with van der Waals surface area (Å²) in [6.07, 6.45) is 1.66. The highest BCUT2D eigenvalue weighted by Crippen LogP contribution is 2.49. The molecule has 0 saturated carbocycles. The third kappa shape index (κ3) is 2.17. The van der Waals surface area contributed by atoms with Crippen molar-refractivity contribution in [2.45, 2.75) is 25.0 Å². The summed E-state index contributed by atoms with van der Waals surface area (Å²) in [6.45, 7) is 0.808. The van der Waals surface area contributed by atoms with Gasteiger partial charge in [-0.3, -0.25) is 0 Å². The summed E-state index contributed by atoms with van der Waals surface area (Å²) in [5, 5.41) is 12.6. The number of ether oxygens (including phenoxy) is 1. The number of nitrogens with one attached hydrogen (secondary N) is 1. The standard InChI is InChI=1S/C19H18N2O/c20-10-8-13-6-7-17-16(12-13)19-15(9-11-22-19)18(21-17)14-4-2-1-3-5-14/h1-7,12,15,18-19,21H,8-9,11H2. The lowest BCUT2D eigenvalue weighted by molar-refractivity contribution is 0.0829. The Labute approximate surface area is 130 Å². The van der Waals surface area contributed by atoms with Gasteiger partial charge in [0.15, 0.2) is 0 Å². The van der Waals surface area contributed by atoms with Gasteiger partial charge in [0.05, 0.1) is 24.6 Å². The third-order valence-corrected chi connectivity index (χ3v) is 4.74. The molecule has 1 N–H and O–H groups in total. The Balaban J connectivity index is 1.75. The predicted octanol–water partition coefficient (Wildman–Crippen LogP) is 4.00. The fourth-order valence-electron chi connectivity index (χ4n) is 3.71. The first-order valence-electron chi connectivity index (χ1n) is 7.79. The number of hydrogen-bond donors (Lipinski definition) is 1. The summed E-state index contributed by atoms with van der Waals surface area (Å²) in [6, 6.07) is 19.4. The van der Waals surface area contributed by atoms with Crippen LogP contribution >= 0.6 is 0 Å². The summed E-state index contributed by atoms with van der Waals surface area (Å²) >= 11 is 0. The van der Waals surface area contributed by atoms with Crippen molar-refractivity contribution in [2.75, 3.05) is 11.9 Å². The lowest BCUT2D eigenvalue weighted by Gasteiger charge is -2.36. The number of nitrogens with zero attached hydrogens (tertiary/aromatic N) is 1. The molecule has 3 heteroatoms. The van der Waals surface area contributed by atoms with Crippen molar-refractivity contribution in [2.24, 2.45) is 5.92 Å². The zero-order valence-electron chi connectivity index (χ0n) is 12.3. The van der Waals surface area contributed by atoms with Crippen molar-refractivity contribution in [1.29, 1.82) is 5.26 Å². The molecule has 0 aliphatic carbocycles. The molecule has 1 saturated heterocycles. The van der Waals surface area contributed by atoms with Crippen LogP contribution in [0.1, 0.15) is 35.3 Å². The molecule has 2 aromatic carbocycles. The second-order valence-electron chi connectivity index (χ2n) is 6.03. The zero-order valence-corrected chi connectivity index (χ0v) is 12.3. The van der Waals surface area contributed by atoms with Gasteiger partial charge in [-0.2, -0.15) is 5.26 Å². The maximum absolute atomic E-state index is 8.91. The van der Waals surface area contributed by atoms with E-state index >= 15 is 0 Å². The SMILES string of the molecule is N#CCc1ccc2c(c1)C1OCCC1C(c1ccccc1)N2. The maximum Gasteiger partial charge on any atom is 0.0896 e. The number of nitriles is 1. The van der Waals surface area contributed by atoms with Crippen LogP contribution in [0, 0.1) is 17.2 Å². The van der Waals surface area contributed by atoms with Gasteiger partial charge < -0.3 is 10.1 Å². The molecule has 2 heterocycles. The first-order chi connectivity index (χ1) is 10.9. The van der Waals surface area contributed by atoms with Crippen LogP contribution in [0.15, 0.2) is 48.5 Å². The Morgan fingerprint density at radius 3 is 2.86 bits per heavy atom. The normalized spacial score (nSPS) is 25.7. The minimum absolute atomic E-state index is 0.139. The minimum Gasteiger partial charge on any atom is -0.378 e. The Morgan fingerprint density at radius 1 is 1.18 bits per heavy atom. The van der Waals surface area contributed by atoms with Crippen LogP contribution in [0.25, 0.3) is 0 Å². The van der Waals surface area contributed by atoms with E-state index in [-0.39, 0.29) is 6.10 Å². The molecule has 0 amide bonds. The van der Waals surface area contributed by atoms with Crippen LogP contribution in [0.3, 0.4) is 0 Å². The number of hydrogen-bond acceptors (Lipinski definition) is 3. The van der Waals surface area contributed by atoms with Crippen LogP contribution in [0.2, 0.25) is 0 Å². The van der Waals surface area contributed by atoms with Gasteiger partial charge in [0.25, 0.3) is 0 Å². The Kier molecular flexibility index (Phi) is 3.32. The molecular formula is C19H18N2O. The van der Waals surface area contributed by atoms with E-state index in [4.69, 9.17) is 10.00 Å². The Morgan fingerprint density at radius 2 is 2.05 bits per heavy atom. The number of fused-ring (bicyclic) bond motifs is 3. The molecule has 0 radical (unpaired) electrons. The molecule has 3 atom stereocenters. The van der Waals surface area contributed by atoms with Crippen molar-refractivity contribution in [3.8, 4) is 6.07 Å². The Bertz CT molecular complexity index is 720. The largest absolute Gasteiger partial charge is 0.378 e. The van der Waals surface area contributed by atoms with E-state index in [0.29, 0.717) is 18.4 Å². The fourth-order valence-corrected chi connectivity index (χ4v) is 3.71. The first kappa shape index (κ1) is 13.4. The fraction of sp³-hybridized carbons (Fsp3) is 0.316. The summed E-state index contributed by atoms with van der Waals surface area (Å²) < 4.78 is 6.05. The molecule has 3 nitrogen and oxygen atoms in total. The van der Waals surface area contributed by atoms with Gasteiger partial charge in [-0.1, -0.05) is 42.5 Å². The highest BCUT2D eigenvalue weighted by atomic mass is 16.5. The molecule has 2 aliphatic rings. The second-order valence-corrected chi connectivity index (χ2v) is 6.03. The minimum atomic E-state index is 0.139. The summed E-state index contributed by atoms with van der Waals surface area (Å²) in [5.41, 5.74) is 4.73. The van der Waals surface area contributed by atoms with Crippen molar-refractivity contribution >= 4 is 5.69 Å². The average molecular weight is 290 g/mol. The van der Waals surface area contributed by atoms with Crippen molar-refractivity contribution in [3.05, 3.63) is 65.2 Å². The number of benzene rings is 2. The van der Waals surface area contributed by atoms with Crippen LogP contribution in [0.4, 0.5) is 5.69 Å². The quantitative estimate of drug-likeness (QED) is 0.909. The van der Waals surface area contributed by atoms with Gasteiger partial charge in [-0.05, 0) is 23.6 Å². The van der Waals surface area contributed by atoms with E-state index in [9.17, 15) is 0 Å². The molecule has 4 rings (SSSR count). The number of anilines is 1. The zero-order chi connectivity index (χ0) is 14.9. The Hall–Kier alpha value is -2.31. The van der Waals surface area contributed by atoms with Crippen LogP contribution in [-0.2, 0) is 11.2 Å². The summed E-state index contributed by atoms with van der Waals surface area (Å²) in [5.74, 6) is 0.451. The summed E-state index contributed by atoms with van der Waals surface area (Å²) in [4.78, 5) is 0. The maximum atomic E-state index is 8.91. The lowest BCUT2D eigenvalue weighted by atomic mass is 9.80. The van der Waals surface area contributed by atoms with Crippen LogP contribution in [0.5, 0.6) is 0 Å². The average Bonchev–Trinajstić information content (AvgIpc) is 3.05. The van der Waals surface area contributed by atoms with Crippen LogP contribution < -0.4 is 5.32 Å². The molecule has 2 aromatic rings. The van der Waals surface area contributed by atoms with E-state index in [1.807, 2.05) is 6.07 Å². The predicted molar refractivity (Wildman–Crippen MR) is 85.4 cm³/mol. The van der Waals surface area contributed by atoms with Gasteiger partial charge in [-0.15, -0.1) is 0 Å². The van der Waals surface area contributed by atoms with E-state index in [0.717, 1.165) is 24.3 Å². The monoisotopic (exact) mass is 290 g/mol. The second kappa shape index (κ2) is 5.47. The summed E-state index contributed by atoms with van der Waals surface area (Å²) in [7, 11) is 0. The van der Waals surface area contributed by atoms with Crippen molar-refractivity contribution < 1.29 is 4.74 Å². The van der Waals surface area contributed by atoms with E-state index < -0.39 is 0 Å². The number of rotatable bonds is 2. The molecule has 0 bridgehead atoms. The van der Waals surface area contributed by atoms with E-state index in [1.54, 1.807) is 0 Å². The van der Waals surface area contributed by atoms with Crippen molar-refractivity contribution in [3.63, 3.8) is 0 Å². The van der Waals surface area contributed by atoms with Gasteiger partial charge in [-0.25, -0.2) is 0 Å². The van der Waals surface area contributed by atoms with Gasteiger partial charge >= 0.3 is 0 Å². The van der Waals surface area contributed by atoms with E-state index in [2.05, 4.69) is 53.9 Å². The molecule has 22 heavy (non-hydrogen) atoms. The van der Waals surface area contributed by atoms with Crippen molar-refractivity contribution in [1.82, 2.24) is 0 Å². The topological polar surface area (TPSA) is 45.0 Å². The molecule has 0 spiro atoms.